The van der Waals surface area contributed by atoms with Gasteiger partial charge in [-0.15, -0.1) is 6.58 Å². The van der Waals surface area contributed by atoms with Crippen LogP contribution < -0.4 is 5.73 Å². The summed E-state index contributed by atoms with van der Waals surface area (Å²) in [6, 6.07) is 0. The lowest BCUT2D eigenvalue weighted by molar-refractivity contribution is -0.0963. The molecular weight excluding hydrogens is 228 g/mol. The second-order valence-corrected chi connectivity index (χ2v) is 4.82. The van der Waals surface area contributed by atoms with Crippen molar-refractivity contribution >= 4 is 16.9 Å². The Morgan fingerprint density at radius 1 is 1.69 bits per heavy atom. The van der Waals surface area contributed by atoms with Crippen LogP contribution in [0, 0.1) is 0 Å². The first-order chi connectivity index (χ1) is 7.56. The summed E-state index contributed by atoms with van der Waals surface area (Å²) >= 11 is 1.26. The van der Waals surface area contributed by atoms with Crippen LogP contribution >= 0.6 is 11.8 Å². The number of rotatable bonds is 3. The number of ether oxygens (including phenoxy) is 1. The molecule has 6 heteroatoms. The van der Waals surface area contributed by atoms with E-state index in [4.69, 9.17) is 10.5 Å². The van der Waals surface area contributed by atoms with Crippen molar-refractivity contribution in [2.45, 2.75) is 36.6 Å². The first kappa shape index (κ1) is 13.5. The van der Waals surface area contributed by atoms with Crippen LogP contribution in [-0.2, 0) is 4.74 Å². The Balaban J connectivity index is 2.57. The minimum absolute atomic E-state index is 0.271. The van der Waals surface area contributed by atoms with E-state index in [1.165, 1.54) is 17.8 Å². The zero-order valence-corrected chi connectivity index (χ0v) is 10.1. The molecule has 1 fully saturated rings. The Morgan fingerprint density at radius 2 is 2.38 bits per heavy atom. The van der Waals surface area contributed by atoms with Crippen molar-refractivity contribution < 1.29 is 14.9 Å². The van der Waals surface area contributed by atoms with E-state index >= 15 is 0 Å². The summed E-state index contributed by atoms with van der Waals surface area (Å²) in [5, 5.41) is 19.7. The third kappa shape index (κ3) is 3.79. The standard InChI is InChI=1S/C10H18N2O3S/c1-3-7(14)8-4-6(13)5-9(15-8)16-10(11)12-2/h3,6-9,13-14H,1,4-5H2,2H3,(H2,11,12). The van der Waals surface area contributed by atoms with E-state index in [0.29, 0.717) is 18.0 Å². The summed E-state index contributed by atoms with van der Waals surface area (Å²) in [7, 11) is 1.59. The average molecular weight is 246 g/mol. The highest BCUT2D eigenvalue weighted by Gasteiger charge is 2.32. The summed E-state index contributed by atoms with van der Waals surface area (Å²) in [5.74, 6) is 0. The Bertz CT molecular complexity index is 273. The van der Waals surface area contributed by atoms with Crippen molar-refractivity contribution in [1.82, 2.24) is 0 Å². The summed E-state index contributed by atoms with van der Waals surface area (Å²) in [6.07, 6.45) is 0.618. The van der Waals surface area contributed by atoms with Crippen LogP contribution in [0.2, 0.25) is 0 Å². The quantitative estimate of drug-likeness (QED) is 0.373. The summed E-state index contributed by atoms with van der Waals surface area (Å²) in [4.78, 5) is 3.81. The predicted octanol–water partition coefficient (Wildman–Crippen LogP) is 0.0770. The fraction of sp³-hybridized carbons (Fsp3) is 0.700. The van der Waals surface area contributed by atoms with Gasteiger partial charge in [-0.3, -0.25) is 4.99 Å². The molecule has 0 aromatic carbocycles. The van der Waals surface area contributed by atoms with Crippen LogP contribution in [0.4, 0.5) is 0 Å². The summed E-state index contributed by atoms with van der Waals surface area (Å²) in [6.45, 7) is 3.50. The second-order valence-electron chi connectivity index (χ2n) is 3.64. The van der Waals surface area contributed by atoms with Crippen LogP contribution in [0.5, 0.6) is 0 Å². The molecular formula is C10H18N2O3S. The van der Waals surface area contributed by atoms with Gasteiger partial charge in [0.2, 0.25) is 0 Å². The normalized spacial score (nSPS) is 33.4. The highest BCUT2D eigenvalue weighted by atomic mass is 32.2. The molecule has 1 aliphatic rings. The molecule has 16 heavy (non-hydrogen) atoms. The first-order valence-electron chi connectivity index (χ1n) is 5.10. The van der Waals surface area contributed by atoms with Crippen molar-refractivity contribution in [3.8, 4) is 0 Å². The van der Waals surface area contributed by atoms with E-state index in [1.807, 2.05) is 0 Å². The Hall–Kier alpha value is -0.560. The minimum Gasteiger partial charge on any atom is -0.393 e. The Labute approximate surface area is 99.4 Å². The molecule has 4 N–H and O–H groups in total. The van der Waals surface area contributed by atoms with Gasteiger partial charge in [-0.2, -0.15) is 0 Å². The summed E-state index contributed by atoms with van der Waals surface area (Å²) < 4.78 is 5.60. The maximum absolute atomic E-state index is 9.66. The van der Waals surface area contributed by atoms with Crippen molar-refractivity contribution in [2.75, 3.05) is 7.05 Å². The predicted molar refractivity (Wildman–Crippen MR) is 65.2 cm³/mol. The number of aliphatic hydroxyl groups is 2. The monoisotopic (exact) mass is 246 g/mol. The molecule has 0 amide bonds. The molecule has 0 saturated carbocycles. The Morgan fingerprint density at radius 3 is 2.94 bits per heavy atom. The molecule has 0 aromatic rings. The van der Waals surface area contributed by atoms with Gasteiger partial charge in [0, 0.05) is 19.9 Å². The van der Waals surface area contributed by atoms with Crippen LogP contribution in [0.15, 0.2) is 17.6 Å². The summed E-state index contributed by atoms with van der Waals surface area (Å²) in [5.41, 5.74) is 5.30. The molecule has 0 aromatic heterocycles. The molecule has 1 rings (SSSR count). The molecule has 0 radical (unpaired) electrons. The largest absolute Gasteiger partial charge is 0.393 e. The number of nitrogens with two attached hydrogens (primary N) is 1. The van der Waals surface area contributed by atoms with Gasteiger partial charge in [0.1, 0.15) is 5.44 Å². The lowest BCUT2D eigenvalue weighted by Gasteiger charge is -2.34. The lowest BCUT2D eigenvalue weighted by Crippen LogP contribution is -2.41. The van der Waals surface area contributed by atoms with Crippen LogP contribution in [0.3, 0.4) is 0 Å². The molecule has 1 saturated heterocycles. The van der Waals surface area contributed by atoms with E-state index < -0.39 is 18.3 Å². The van der Waals surface area contributed by atoms with E-state index in [0.717, 1.165) is 0 Å². The highest BCUT2D eigenvalue weighted by molar-refractivity contribution is 8.14. The molecule has 0 aliphatic carbocycles. The van der Waals surface area contributed by atoms with E-state index in [1.54, 1.807) is 7.05 Å². The van der Waals surface area contributed by atoms with Gasteiger partial charge in [-0.25, -0.2) is 0 Å². The second kappa shape index (κ2) is 6.24. The highest BCUT2D eigenvalue weighted by Crippen LogP contribution is 2.29. The van der Waals surface area contributed by atoms with Gasteiger partial charge < -0.3 is 20.7 Å². The van der Waals surface area contributed by atoms with Crippen molar-refractivity contribution in [3.63, 3.8) is 0 Å². The van der Waals surface area contributed by atoms with Crippen LogP contribution in [-0.4, -0.2) is 46.2 Å². The van der Waals surface area contributed by atoms with Crippen molar-refractivity contribution in [1.29, 1.82) is 0 Å². The molecule has 4 atom stereocenters. The van der Waals surface area contributed by atoms with Gasteiger partial charge in [0.25, 0.3) is 0 Å². The Kier molecular flexibility index (Phi) is 5.27. The number of hydrogen-bond donors (Lipinski definition) is 3. The van der Waals surface area contributed by atoms with Gasteiger partial charge in [-0.05, 0) is 0 Å². The zero-order chi connectivity index (χ0) is 12.1. The molecule has 0 spiro atoms. The van der Waals surface area contributed by atoms with Gasteiger partial charge in [0.15, 0.2) is 5.17 Å². The molecule has 1 aliphatic heterocycles. The number of aliphatic hydroxyl groups excluding tert-OH is 2. The van der Waals surface area contributed by atoms with Crippen molar-refractivity contribution in [3.05, 3.63) is 12.7 Å². The van der Waals surface area contributed by atoms with Crippen molar-refractivity contribution in [2.24, 2.45) is 10.7 Å². The molecule has 1 heterocycles. The smallest absolute Gasteiger partial charge is 0.156 e. The lowest BCUT2D eigenvalue weighted by atomic mass is 10.0. The van der Waals surface area contributed by atoms with Crippen LogP contribution in [0.25, 0.3) is 0 Å². The van der Waals surface area contributed by atoms with Gasteiger partial charge in [0.05, 0.1) is 18.3 Å². The first-order valence-corrected chi connectivity index (χ1v) is 5.97. The third-order valence-corrected chi connectivity index (χ3v) is 3.38. The maximum atomic E-state index is 9.66. The number of nitrogens with zero attached hydrogens (tertiary/aromatic N) is 1. The fourth-order valence-electron chi connectivity index (χ4n) is 1.53. The number of aliphatic imine (C=N–C) groups is 1. The molecule has 92 valence electrons. The average Bonchev–Trinajstić information content (AvgIpc) is 2.27. The number of hydrogen-bond acceptors (Lipinski definition) is 5. The van der Waals surface area contributed by atoms with Gasteiger partial charge in [-0.1, -0.05) is 17.8 Å². The van der Waals surface area contributed by atoms with E-state index in [2.05, 4.69) is 11.6 Å². The van der Waals surface area contributed by atoms with Gasteiger partial charge >= 0.3 is 0 Å². The van der Waals surface area contributed by atoms with E-state index in [-0.39, 0.29) is 5.44 Å². The molecule has 5 nitrogen and oxygen atoms in total. The SMILES string of the molecule is C=CC(O)C1CC(O)CC(SC(N)=NC)O1. The molecule has 4 unspecified atom stereocenters. The number of thioether (sulfide) groups is 1. The molecule has 0 bridgehead atoms. The minimum atomic E-state index is -0.766. The van der Waals surface area contributed by atoms with Crippen LogP contribution in [0.1, 0.15) is 12.8 Å². The van der Waals surface area contributed by atoms with E-state index in [9.17, 15) is 10.2 Å². The third-order valence-electron chi connectivity index (χ3n) is 2.39. The fourth-order valence-corrected chi connectivity index (χ4v) is 2.42. The maximum Gasteiger partial charge on any atom is 0.156 e. The topological polar surface area (TPSA) is 88.1 Å². The number of amidine groups is 1. The zero-order valence-electron chi connectivity index (χ0n) is 9.24.